The Morgan fingerprint density at radius 3 is 2.80 bits per heavy atom. The molecule has 0 amide bonds. The van der Waals surface area contributed by atoms with Crippen LogP contribution in [0.2, 0.25) is 0 Å². The predicted octanol–water partition coefficient (Wildman–Crippen LogP) is 5.49. The average Bonchev–Trinajstić information content (AvgIpc) is 3.62. The summed E-state index contributed by atoms with van der Waals surface area (Å²) in [4.78, 5) is 27.7. The molecule has 13 heteroatoms. The molecule has 1 aliphatic heterocycles. The summed E-state index contributed by atoms with van der Waals surface area (Å²) in [6, 6.07) is 11.5. The van der Waals surface area contributed by atoms with E-state index in [1.54, 1.807) is 29.0 Å². The topological polar surface area (TPSA) is 110 Å². The van der Waals surface area contributed by atoms with Crippen LogP contribution in [-0.2, 0) is 4.79 Å². The number of likely N-dealkylation sites (tertiary alicyclic amines) is 1. The molecule has 5 heterocycles. The number of piperidine rings is 1. The monoisotopic (exact) mass is 576 g/mol. The normalized spacial score (nSPS) is 14.4. The van der Waals surface area contributed by atoms with Crippen molar-refractivity contribution in [2.45, 2.75) is 35.6 Å². The van der Waals surface area contributed by atoms with E-state index in [2.05, 4.69) is 29.7 Å². The summed E-state index contributed by atoms with van der Waals surface area (Å²) in [5, 5.41) is 9.13. The highest BCUT2D eigenvalue weighted by atomic mass is 32.2. The van der Waals surface area contributed by atoms with Gasteiger partial charge < -0.3 is 14.8 Å². The van der Waals surface area contributed by atoms with Crippen LogP contribution in [0.1, 0.15) is 30.3 Å². The third-order valence-electron chi connectivity index (χ3n) is 6.50. The number of fused-ring (bicyclic) bond motifs is 1. The Morgan fingerprint density at radius 2 is 2.00 bits per heavy atom. The van der Waals surface area contributed by atoms with Crippen molar-refractivity contribution in [2.24, 2.45) is 0 Å². The number of nitrogens with zero attached hydrogens (tertiary/aromatic N) is 7. The molecule has 0 radical (unpaired) electrons. The highest BCUT2D eigenvalue weighted by molar-refractivity contribution is 7.99. The largest absolute Gasteiger partial charge is 0.453 e. The maximum Gasteiger partial charge on any atom is 0.208 e. The van der Waals surface area contributed by atoms with E-state index in [9.17, 15) is 9.18 Å². The van der Waals surface area contributed by atoms with Gasteiger partial charge in [0.25, 0.3) is 0 Å². The number of ether oxygens (including phenoxy) is 1. The summed E-state index contributed by atoms with van der Waals surface area (Å²) in [7, 11) is 0. The van der Waals surface area contributed by atoms with Gasteiger partial charge in [0.15, 0.2) is 17.2 Å². The summed E-state index contributed by atoms with van der Waals surface area (Å²) in [5.74, 6) is 2.10. The number of aldehydes is 1. The number of nitrogens with one attached hydrogen (secondary N) is 1. The summed E-state index contributed by atoms with van der Waals surface area (Å²) in [6.45, 7) is 4.11. The van der Waals surface area contributed by atoms with Gasteiger partial charge in [0.1, 0.15) is 28.7 Å². The maximum absolute atomic E-state index is 13.5. The molecule has 1 fully saturated rings. The van der Waals surface area contributed by atoms with Crippen molar-refractivity contribution >= 4 is 46.2 Å². The highest BCUT2D eigenvalue weighted by Gasteiger charge is 2.24. The summed E-state index contributed by atoms with van der Waals surface area (Å²) >= 11 is 2.75. The van der Waals surface area contributed by atoms with Gasteiger partial charge in [-0.05, 0) is 63.2 Å². The van der Waals surface area contributed by atoms with Gasteiger partial charge in [-0.25, -0.2) is 23.9 Å². The van der Waals surface area contributed by atoms with Crippen LogP contribution in [0.15, 0.2) is 64.8 Å². The molecule has 0 spiro atoms. The molecule has 1 N–H and O–H groups in total. The van der Waals surface area contributed by atoms with Gasteiger partial charge in [-0.1, -0.05) is 11.8 Å². The molecule has 6 rings (SSSR count). The van der Waals surface area contributed by atoms with E-state index < -0.39 is 0 Å². The van der Waals surface area contributed by atoms with Gasteiger partial charge in [-0.2, -0.15) is 9.47 Å². The Bertz CT molecular complexity index is 1630. The van der Waals surface area contributed by atoms with Crippen molar-refractivity contribution in [3.05, 3.63) is 72.2 Å². The van der Waals surface area contributed by atoms with E-state index in [1.807, 2.05) is 25.1 Å². The minimum Gasteiger partial charge on any atom is -0.453 e. The fraction of sp³-hybridized carbons (Fsp3) is 0.259. The number of benzene rings is 1. The van der Waals surface area contributed by atoms with Gasteiger partial charge in [0.05, 0.1) is 12.7 Å². The van der Waals surface area contributed by atoms with Crippen molar-refractivity contribution < 1.29 is 13.9 Å². The summed E-state index contributed by atoms with van der Waals surface area (Å²) < 4.78 is 26.0. The lowest BCUT2D eigenvalue weighted by Gasteiger charge is -2.28. The number of hydrogen-bond donors (Lipinski definition) is 1. The number of carbonyl (C=O) groups excluding carboxylic acids is 1. The Kier molecular flexibility index (Phi) is 7.66. The van der Waals surface area contributed by atoms with Crippen LogP contribution in [0.3, 0.4) is 0 Å². The Balaban J connectivity index is 1.25. The number of pyridine rings is 1. The molecular formula is C27H25FN8O2S2. The fourth-order valence-electron chi connectivity index (χ4n) is 4.51. The van der Waals surface area contributed by atoms with E-state index >= 15 is 0 Å². The number of hydrogen-bond acceptors (Lipinski definition) is 11. The Labute approximate surface area is 237 Å². The van der Waals surface area contributed by atoms with E-state index in [1.165, 1.54) is 35.4 Å². The van der Waals surface area contributed by atoms with E-state index in [0.717, 1.165) is 59.3 Å². The molecule has 1 aromatic carbocycles. The fourth-order valence-corrected chi connectivity index (χ4v) is 6.13. The minimum atomic E-state index is -0.345. The number of anilines is 2. The molecule has 0 aliphatic carbocycles. The van der Waals surface area contributed by atoms with Gasteiger partial charge in [0.2, 0.25) is 5.13 Å². The molecule has 5 aromatic rings. The molecule has 0 saturated carbocycles. The highest BCUT2D eigenvalue weighted by Crippen LogP contribution is 2.37. The van der Waals surface area contributed by atoms with Crippen LogP contribution in [0.5, 0.6) is 11.5 Å². The standard InChI is InChI=1S/C27H25FN8O2S2/c1-17-14-24(36-23(31-17)6-9-30-36)39-21-15-22(38-20-4-2-19(28)3-5-20)26(29-16-21)33-27-32-25(34-40-27)18-7-10-35(11-8-18)12-13-37/h2-6,9,13-16,18H,7-8,10-12H2,1H3,(H,29,32,33,34). The van der Waals surface area contributed by atoms with E-state index in [4.69, 9.17) is 9.72 Å². The van der Waals surface area contributed by atoms with Crippen LogP contribution in [0.4, 0.5) is 15.3 Å². The quantitative estimate of drug-likeness (QED) is 0.179. The van der Waals surface area contributed by atoms with E-state index in [-0.39, 0.29) is 11.7 Å². The summed E-state index contributed by atoms with van der Waals surface area (Å²) in [5.41, 5.74) is 1.64. The van der Waals surface area contributed by atoms with Crippen LogP contribution in [0.25, 0.3) is 5.65 Å². The van der Waals surface area contributed by atoms with E-state index in [0.29, 0.717) is 29.0 Å². The van der Waals surface area contributed by atoms with Crippen LogP contribution < -0.4 is 10.1 Å². The molecule has 1 aliphatic rings. The predicted molar refractivity (Wildman–Crippen MR) is 150 cm³/mol. The molecule has 0 atom stereocenters. The second kappa shape index (κ2) is 11.7. The third-order valence-corrected chi connectivity index (χ3v) is 8.10. The van der Waals surface area contributed by atoms with Gasteiger partial charge in [0, 0.05) is 46.4 Å². The first-order chi connectivity index (χ1) is 19.5. The maximum atomic E-state index is 13.5. The number of carbonyl (C=O) groups is 1. The Hall–Kier alpha value is -3.94. The van der Waals surface area contributed by atoms with Crippen molar-refractivity contribution in [2.75, 3.05) is 25.0 Å². The first-order valence-electron chi connectivity index (χ1n) is 12.7. The van der Waals surface area contributed by atoms with Gasteiger partial charge >= 0.3 is 0 Å². The van der Waals surface area contributed by atoms with Crippen LogP contribution in [0, 0.1) is 12.7 Å². The number of aryl methyl sites for hydroxylation is 1. The molecule has 40 heavy (non-hydrogen) atoms. The lowest BCUT2D eigenvalue weighted by molar-refractivity contribution is -0.109. The van der Waals surface area contributed by atoms with Crippen LogP contribution in [-0.4, -0.2) is 59.8 Å². The number of rotatable bonds is 9. The van der Waals surface area contributed by atoms with Crippen molar-refractivity contribution in [1.29, 1.82) is 0 Å². The smallest absolute Gasteiger partial charge is 0.208 e. The second-order valence-electron chi connectivity index (χ2n) is 9.34. The zero-order chi connectivity index (χ0) is 27.5. The number of aromatic nitrogens is 6. The van der Waals surface area contributed by atoms with Crippen molar-refractivity contribution in [3.63, 3.8) is 0 Å². The first kappa shape index (κ1) is 26.3. The molecule has 4 aromatic heterocycles. The SMILES string of the molecule is Cc1cc(Sc2cnc(Nc3nc(C4CCN(CC=O)CC4)ns3)c(Oc3ccc(F)cc3)c2)n2nccc2n1. The molecular weight excluding hydrogens is 551 g/mol. The van der Waals surface area contributed by atoms with Crippen molar-refractivity contribution in [1.82, 2.24) is 33.8 Å². The number of halogens is 1. The summed E-state index contributed by atoms with van der Waals surface area (Å²) in [6.07, 6.45) is 6.23. The zero-order valence-electron chi connectivity index (χ0n) is 21.5. The Morgan fingerprint density at radius 1 is 1.18 bits per heavy atom. The lowest BCUT2D eigenvalue weighted by Crippen LogP contribution is -2.34. The molecule has 10 nitrogen and oxygen atoms in total. The van der Waals surface area contributed by atoms with Gasteiger partial charge in [-0.15, -0.1) is 0 Å². The minimum absolute atomic E-state index is 0.249. The zero-order valence-corrected chi connectivity index (χ0v) is 23.2. The molecule has 0 bridgehead atoms. The molecule has 1 saturated heterocycles. The average molecular weight is 577 g/mol. The first-order valence-corrected chi connectivity index (χ1v) is 14.3. The molecule has 0 unspecified atom stereocenters. The van der Waals surface area contributed by atoms with Gasteiger partial charge in [-0.3, -0.25) is 4.90 Å². The second-order valence-corrected chi connectivity index (χ2v) is 11.2. The van der Waals surface area contributed by atoms with Crippen LogP contribution >= 0.6 is 23.3 Å². The molecule has 204 valence electrons. The lowest BCUT2D eigenvalue weighted by atomic mass is 9.96. The van der Waals surface area contributed by atoms with Crippen molar-refractivity contribution in [3.8, 4) is 11.5 Å². The third kappa shape index (κ3) is 5.96.